The van der Waals surface area contributed by atoms with E-state index in [2.05, 4.69) is 19.9 Å². The SMILES string of the molecule is COc1c(C)cnc(CCl)c1C.COc1ccc2nc(S(=O)Cc3ncc(C)c(OC)c3C)[nH]c2c1.Cl. The minimum atomic E-state index is -1.33. The molecule has 37 heavy (non-hydrogen) atoms. The van der Waals surface area contributed by atoms with Crippen LogP contribution in [0.25, 0.3) is 11.0 Å². The van der Waals surface area contributed by atoms with Gasteiger partial charge in [-0.1, -0.05) is 0 Å². The molecule has 1 unspecified atom stereocenters. The molecule has 4 rings (SSSR count). The third kappa shape index (κ3) is 6.91. The van der Waals surface area contributed by atoms with Crippen molar-refractivity contribution in [2.24, 2.45) is 0 Å². The zero-order chi connectivity index (χ0) is 26.4. The lowest BCUT2D eigenvalue weighted by Gasteiger charge is -2.11. The van der Waals surface area contributed by atoms with E-state index in [1.165, 1.54) is 0 Å². The molecule has 0 bridgehead atoms. The number of hydrogen-bond acceptors (Lipinski definition) is 7. The third-order valence-corrected chi connectivity index (χ3v) is 7.19. The number of aromatic amines is 1. The number of aromatic nitrogens is 4. The Morgan fingerprint density at radius 2 is 1.46 bits per heavy atom. The van der Waals surface area contributed by atoms with Crippen LogP contribution in [0.4, 0.5) is 0 Å². The van der Waals surface area contributed by atoms with Crippen LogP contribution >= 0.6 is 24.0 Å². The van der Waals surface area contributed by atoms with Crippen LogP contribution in [0.5, 0.6) is 17.2 Å². The Hall–Kier alpha value is -2.88. The molecular formula is C26H32Cl2N4O4S. The van der Waals surface area contributed by atoms with Gasteiger partial charge in [-0.25, -0.2) is 4.98 Å². The molecule has 1 atom stereocenters. The molecule has 0 fully saturated rings. The molecule has 0 amide bonds. The Balaban J connectivity index is 0.000000314. The predicted octanol–water partition coefficient (Wildman–Crippen LogP) is 5.77. The van der Waals surface area contributed by atoms with Gasteiger partial charge in [0.1, 0.15) is 17.2 Å². The van der Waals surface area contributed by atoms with Crippen molar-refractivity contribution in [1.29, 1.82) is 0 Å². The fourth-order valence-electron chi connectivity index (χ4n) is 3.82. The molecule has 0 spiro atoms. The standard InChI is InChI=1S/C17H19N3O3S.C9H12ClNO.ClH/c1-10-8-18-15(11(2)16(10)23-4)9-24(21)17-19-13-6-5-12(22-3)7-14(13)20-17;1-6-5-11-8(4-10)7(2)9(6)12-3;/h5-8H,9H2,1-4H3,(H,19,20);5H,4H2,1-3H3;1H. The number of ether oxygens (including phenoxy) is 3. The molecule has 0 aliphatic rings. The van der Waals surface area contributed by atoms with E-state index in [1.807, 2.05) is 45.9 Å². The summed E-state index contributed by atoms with van der Waals surface area (Å²) in [5.74, 6) is 3.11. The van der Waals surface area contributed by atoms with Crippen molar-refractivity contribution in [2.45, 2.75) is 44.5 Å². The Labute approximate surface area is 231 Å². The van der Waals surface area contributed by atoms with Gasteiger partial charge in [-0.05, 0) is 39.8 Å². The van der Waals surface area contributed by atoms with E-state index in [1.54, 1.807) is 33.7 Å². The summed E-state index contributed by atoms with van der Waals surface area (Å²) in [6.45, 7) is 7.80. The van der Waals surface area contributed by atoms with Gasteiger partial charge in [0.15, 0.2) is 5.16 Å². The topological polar surface area (TPSA) is 99.2 Å². The van der Waals surface area contributed by atoms with Gasteiger partial charge in [-0.15, -0.1) is 24.0 Å². The lowest BCUT2D eigenvalue weighted by molar-refractivity contribution is 0.407. The van der Waals surface area contributed by atoms with E-state index in [0.29, 0.717) is 11.0 Å². The minimum absolute atomic E-state index is 0. The number of pyridine rings is 2. The van der Waals surface area contributed by atoms with Crippen LogP contribution in [-0.4, -0.2) is 45.5 Å². The second-order valence-electron chi connectivity index (χ2n) is 8.14. The average Bonchev–Trinajstić information content (AvgIpc) is 3.30. The maximum atomic E-state index is 12.7. The molecule has 0 aliphatic carbocycles. The number of fused-ring (bicyclic) bond motifs is 1. The highest BCUT2D eigenvalue weighted by Crippen LogP contribution is 2.26. The molecule has 4 aromatic rings. The summed E-state index contributed by atoms with van der Waals surface area (Å²) in [5, 5.41) is 0.430. The van der Waals surface area contributed by atoms with Crippen molar-refractivity contribution in [3.8, 4) is 17.2 Å². The van der Waals surface area contributed by atoms with Crippen molar-refractivity contribution in [1.82, 2.24) is 19.9 Å². The number of hydrogen-bond donors (Lipinski definition) is 1. The molecule has 200 valence electrons. The average molecular weight is 568 g/mol. The Kier molecular flexibility index (Phi) is 11.2. The minimum Gasteiger partial charge on any atom is -0.497 e. The lowest BCUT2D eigenvalue weighted by Crippen LogP contribution is -2.05. The van der Waals surface area contributed by atoms with Gasteiger partial charge in [0, 0.05) is 40.7 Å². The largest absolute Gasteiger partial charge is 0.497 e. The predicted molar refractivity (Wildman–Crippen MR) is 150 cm³/mol. The molecule has 0 aliphatic heterocycles. The van der Waals surface area contributed by atoms with Crippen molar-refractivity contribution < 1.29 is 18.4 Å². The van der Waals surface area contributed by atoms with Gasteiger partial charge in [0.05, 0.1) is 66.2 Å². The summed E-state index contributed by atoms with van der Waals surface area (Å²) in [5.41, 5.74) is 7.13. The quantitative estimate of drug-likeness (QED) is 0.283. The molecule has 3 heterocycles. The molecule has 3 aromatic heterocycles. The first-order chi connectivity index (χ1) is 17.2. The van der Waals surface area contributed by atoms with Gasteiger partial charge in [0.25, 0.3) is 0 Å². The van der Waals surface area contributed by atoms with Crippen LogP contribution in [0, 0.1) is 27.7 Å². The van der Waals surface area contributed by atoms with Crippen molar-refractivity contribution >= 4 is 45.8 Å². The zero-order valence-corrected chi connectivity index (χ0v) is 24.4. The molecule has 1 aromatic carbocycles. The highest BCUT2D eigenvalue weighted by atomic mass is 35.5. The summed E-state index contributed by atoms with van der Waals surface area (Å²) in [7, 11) is 3.57. The Morgan fingerprint density at radius 1 is 0.892 bits per heavy atom. The first kappa shape index (κ1) is 30.3. The second-order valence-corrected chi connectivity index (χ2v) is 9.77. The normalized spacial score (nSPS) is 11.2. The number of nitrogens with one attached hydrogen (secondary N) is 1. The van der Waals surface area contributed by atoms with Gasteiger partial charge >= 0.3 is 0 Å². The van der Waals surface area contributed by atoms with Crippen molar-refractivity contribution in [3.05, 3.63) is 64.2 Å². The lowest BCUT2D eigenvalue weighted by atomic mass is 10.1. The summed E-state index contributed by atoms with van der Waals surface area (Å²) < 4.78 is 28.5. The molecule has 11 heteroatoms. The van der Waals surface area contributed by atoms with E-state index >= 15 is 0 Å². The van der Waals surface area contributed by atoms with Crippen LogP contribution < -0.4 is 14.2 Å². The number of H-pyrrole nitrogens is 1. The van der Waals surface area contributed by atoms with E-state index in [0.717, 1.165) is 61.9 Å². The number of rotatable bonds is 7. The third-order valence-electron chi connectivity index (χ3n) is 5.78. The van der Waals surface area contributed by atoms with Gasteiger partial charge in [-0.2, -0.15) is 0 Å². The number of aryl methyl sites for hydroxylation is 2. The van der Waals surface area contributed by atoms with Crippen LogP contribution in [-0.2, 0) is 22.4 Å². The summed E-state index contributed by atoms with van der Waals surface area (Å²) >= 11 is 5.70. The first-order valence-electron chi connectivity index (χ1n) is 11.2. The number of benzene rings is 1. The number of imidazole rings is 1. The van der Waals surface area contributed by atoms with E-state index in [-0.39, 0.29) is 18.2 Å². The van der Waals surface area contributed by atoms with Crippen molar-refractivity contribution in [2.75, 3.05) is 21.3 Å². The molecule has 0 saturated heterocycles. The van der Waals surface area contributed by atoms with E-state index in [4.69, 9.17) is 25.8 Å². The summed E-state index contributed by atoms with van der Waals surface area (Å²) in [6.07, 6.45) is 3.52. The number of methoxy groups -OCH3 is 3. The fraction of sp³-hybridized carbons (Fsp3) is 0.346. The maximum Gasteiger partial charge on any atom is 0.197 e. The number of alkyl halides is 1. The highest BCUT2D eigenvalue weighted by molar-refractivity contribution is 7.84. The maximum absolute atomic E-state index is 12.7. The molecule has 8 nitrogen and oxygen atoms in total. The molecular weight excluding hydrogens is 535 g/mol. The highest BCUT2D eigenvalue weighted by Gasteiger charge is 2.16. The van der Waals surface area contributed by atoms with Gasteiger partial charge < -0.3 is 19.2 Å². The number of nitrogens with zero attached hydrogens (tertiary/aromatic N) is 3. The first-order valence-corrected chi connectivity index (χ1v) is 13.1. The Bertz CT molecular complexity index is 1400. The molecule has 1 N–H and O–H groups in total. The zero-order valence-electron chi connectivity index (χ0n) is 22.0. The van der Waals surface area contributed by atoms with Gasteiger partial charge in [-0.3, -0.25) is 14.2 Å². The molecule has 0 saturated carbocycles. The summed E-state index contributed by atoms with van der Waals surface area (Å²) in [4.78, 5) is 16.1. The van der Waals surface area contributed by atoms with Crippen LogP contribution in [0.1, 0.15) is 33.6 Å². The molecule has 0 radical (unpaired) electrons. The number of halogens is 2. The second kappa shape index (κ2) is 13.6. The Morgan fingerprint density at radius 3 is 2.00 bits per heavy atom. The monoisotopic (exact) mass is 566 g/mol. The van der Waals surface area contributed by atoms with Gasteiger partial charge in [0.2, 0.25) is 0 Å². The van der Waals surface area contributed by atoms with Crippen LogP contribution in [0.15, 0.2) is 35.7 Å². The smallest absolute Gasteiger partial charge is 0.197 e. The summed E-state index contributed by atoms with van der Waals surface area (Å²) in [6, 6.07) is 5.50. The van der Waals surface area contributed by atoms with Crippen LogP contribution in [0.3, 0.4) is 0 Å². The van der Waals surface area contributed by atoms with Crippen LogP contribution in [0.2, 0.25) is 0 Å². The van der Waals surface area contributed by atoms with Crippen molar-refractivity contribution in [3.63, 3.8) is 0 Å². The fourth-order valence-corrected chi connectivity index (χ4v) is 5.18. The van der Waals surface area contributed by atoms with E-state index in [9.17, 15) is 4.21 Å². The van der Waals surface area contributed by atoms with E-state index < -0.39 is 10.8 Å².